The second-order valence-corrected chi connectivity index (χ2v) is 4.21. The van der Waals surface area contributed by atoms with E-state index in [9.17, 15) is 0 Å². The molecule has 2 aromatic rings. The van der Waals surface area contributed by atoms with Crippen molar-refractivity contribution in [1.29, 1.82) is 0 Å². The van der Waals surface area contributed by atoms with Crippen LogP contribution in [0.5, 0.6) is 17.2 Å². The molecule has 0 bridgehead atoms. The predicted octanol–water partition coefficient (Wildman–Crippen LogP) is 3.07. The molecular formula is C13H10O3. The summed E-state index contributed by atoms with van der Waals surface area (Å²) in [4.78, 5) is 0. The largest absolute Gasteiger partial charge is 0.461 e. The van der Waals surface area contributed by atoms with Gasteiger partial charge in [-0.3, -0.25) is 0 Å². The zero-order valence-electron chi connectivity index (χ0n) is 8.77. The lowest BCUT2D eigenvalue weighted by Gasteiger charge is -2.05. The van der Waals surface area contributed by atoms with Gasteiger partial charge in [-0.05, 0) is 30.5 Å². The monoisotopic (exact) mass is 214 g/mol. The van der Waals surface area contributed by atoms with E-state index in [-0.39, 0.29) is 12.4 Å². The molecule has 3 heteroatoms. The minimum atomic E-state index is -0.0876. The van der Waals surface area contributed by atoms with Gasteiger partial charge in [-0.15, -0.1) is 0 Å². The highest BCUT2D eigenvalue weighted by molar-refractivity contribution is 5.93. The van der Waals surface area contributed by atoms with Gasteiger partial charge >= 0.3 is 0 Å². The van der Waals surface area contributed by atoms with Gasteiger partial charge in [0.25, 0.3) is 0 Å². The molecule has 0 amide bonds. The molecule has 0 spiro atoms. The normalized spacial score (nSPS) is 24.8. The van der Waals surface area contributed by atoms with Gasteiger partial charge in [0.2, 0.25) is 6.29 Å². The molecule has 0 aliphatic carbocycles. The molecule has 0 N–H and O–H groups in total. The average molecular weight is 214 g/mol. The Morgan fingerprint density at radius 3 is 2.81 bits per heavy atom. The highest BCUT2D eigenvalue weighted by Crippen LogP contribution is 2.49. The summed E-state index contributed by atoms with van der Waals surface area (Å²) in [5, 5.41) is 2.23. The summed E-state index contributed by atoms with van der Waals surface area (Å²) in [5.41, 5.74) is 0. The molecule has 2 aliphatic rings. The lowest BCUT2D eigenvalue weighted by molar-refractivity contribution is 0.180. The van der Waals surface area contributed by atoms with Crippen LogP contribution in [0.2, 0.25) is 0 Å². The van der Waals surface area contributed by atoms with Gasteiger partial charge in [-0.25, -0.2) is 0 Å². The fourth-order valence-corrected chi connectivity index (χ4v) is 1.93. The first-order chi connectivity index (χ1) is 7.81. The van der Waals surface area contributed by atoms with Crippen molar-refractivity contribution in [1.82, 2.24) is 0 Å². The summed E-state index contributed by atoms with van der Waals surface area (Å²) >= 11 is 0. The van der Waals surface area contributed by atoms with Gasteiger partial charge in [-0.2, -0.15) is 0 Å². The molecule has 2 aromatic carbocycles. The van der Waals surface area contributed by atoms with E-state index >= 15 is 0 Å². The SMILES string of the molecule is CC1OC1Oc1cccc2cc3c(cc12)O3. The predicted molar refractivity (Wildman–Crippen MR) is 59.0 cm³/mol. The first-order valence-corrected chi connectivity index (χ1v) is 5.38. The molecular weight excluding hydrogens is 204 g/mol. The van der Waals surface area contributed by atoms with Gasteiger partial charge in [0.15, 0.2) is 11.5 Å². The molecule has 1 fully saturated rings. The summed E-state index contributed by atoms with van der Waals surface area (Å²) in [6.45, 7) is 2.00. The van der Waals surface area contributed by atoms with E-state index in [1.54, 1.807) is 0 Å². The van der Waals surface area contributed by atoms with Crippen molar-refractivity contribution < 1.29 is 14.2 Å². The Morgan fingerprint density at radius 1 is 1.19 bits per heavy atom. The van der Waals surface area contributed by atoms with Crippen molar-refractivity contribution in [3.8, 4) is 17.2 Å². The number of epoxide rings is 1. The van der Waals surface area contributed by atoms with Crippen LogP contribution >= 0.6 is 0 Å². The number of hydrogen-bond acceptors (Lipinski definition) is 3. The number of fused-ring (bicyclic) bond motifs is 2. The Morgan fingerprint density at radius 2 is 2.00 bits per heavy atom. The van der Waals surface area contributed by atoms with E-state index in [1.807, 2.05) is 31.2 Å². The average Bonchev–Trinajstić information content (AvgIpc) is 3.15. The number of hydrogen-bond donors (Lipinski definition) is 0. The van der Waals surface area contributed by atoms with Crippen molar-refractivity contribution in [2.75, 3.05) is 0 Å². The van der Waals surface area contributed by atoms with E-state index in [0.29, 0.717) is 0 Å². The van der Waals surface area contributed by atoms with Crippen molar-refractivity contribution in [3.05, 3.63) is 30.3 Å². The Balaban J connectivity index is 1.82. The quantitative estimate of drug-likeness (QED) is 0.615. The van der Waals surface area contributed by atoms with Crippen molar-refractivity contribution in [3.63, 3.8) is 0 Å². The maximum atomic E-state index is 5.75. The maximum Gasteiger partial charge on any atom is 0.226 e. The first-order valence-electron chi connectivity index (χ1n) is 5.38. The smallest absolute Gasteiger partial charge is 0.226 e. The number of benzene rings is 2. The lowest BCUT2D eigenvalue weighted by Crippen LogP contribution is -2.01. The third-order valence-corrected chi connectivity index (χ3v) is 2.98. The van der Waals surface area contributed by atoms with Crippen molar-refractivity contribution >= 4 is 10.8 Å². The summed E-state index contributed by atoms with van der Waals surface area (Å²) in [6.07, 6.45) is 0.116. The Bertz CT molecular complexity index is 591. The fraction of sp³-hybridized carbons (Fsp3) is 0.231. The molecule has 2 unspecified atom stereocenters. The van der Waals surface area contributed by atoms with Crippen LogP contribution in [0.3, 0.4) is 0 Å². The van der Waals surface area contributed by atoms with Gasteiger partial charge < -0.3 is 14.2 Å². The van der Waals surface area contributed by atoms with Crippen LogP contribution in [-0.2, 0) is 4.74 Å². The van der Waals surface area contributed by atoms with Crippen LogP contribution < -0.4 is 9.47 Å². The van der Waals surface area contributed by atoms with Crippen LogP contribution in [0.15, 0.2) is 30.3 Å². The molecule has 2 aliphatic heterocycles. The molecule has 4 rings (SSSR count). The zero-order chi connectivity index (χ0) is 10.7. The summed E-state index contributed by atoms with van der Waals surface area (Å²) < 4.78 is 16.3. The van der Waals surface area contributed by atoms with Crippen molar-refractivity contribution in [2.45, 2.75) is 19.3 Å². The molecule has 1 saturated heterocycles. The topological polar surface area (TPSA) is 34.3 Å². The molecule has 2 atom stereocenters. The molecule has 3 nitrogen and oxygen atoms in total. The summed E-state index contributed by atoms with van der Waals surface area (Å²) in [6, 6.07) is 10.1. The second-order valence-electron chi connectivity index (χ2n) is 4.21. The van der Waals surface area contributed by atoms with Crippen LogP contribution in [0.1, 0.15) is 6.92 Å². The van der Waals surface area contributed by atoms with Gasteiger partial charge in [0, 0.05) is 5.39 Å². The molecule has 80 valence electrons. The molecule has 0 aromatic heterocycles. The highest BCUT2D eigenvalue weighted by Gasteiger charge is 2.37. The lowest BCUT2D eigenvalue weighted by atomic mass is 10.1. The first kappa shape index (κ1) is 8.42. The van der Waals surface area contributed by atoms with E-state index in [0.717, 1.165) is 28.0 Å². The Kier molecular flexibility index (Phi) is 1.41. The Hall–Kier alpha value is -1.74. The third-order valence-electron chi connectivity index (χ3n) is 2.98. The minimum Gasteiger partial charge on any atom is -0.461 e. The maximum absolute atomic E-state index is 5.75. The van der Waals surface area contributed by atoms with Gasteiger partial charge in [-0.1, -0.05) is 12.1 Å². The van der Waals surface area contributed by atoms with Crippen LogP contribution in [0, 0.1) is 0 Å². The van der Waals surface area contributed by atoms with Crippen LogP contribution in [0.25, 0.3) is 10.8 Å². The summed E-state index contributed by atoms with van der Waals surface area (Å²) in [5.74, 6) is 2.79. The number of rotatable bonds is 2. The minimum absolute atomic E-state index is 0.0876. The number of ether oxygens (including phenoxy) is 3. The van der Waals surface area contributed by atoms with Crippen LogP contribution in [0.4, 0.5) is 0 Å². The molecule has 0 saturated carbocycles. The van der Waals surface area contributed by atoms with E-state index < -0.39 is 0 Å². The Labute approximate surface area is 92.5 Å². The third kappa shape index (κ3) is 1.18. The zero-order valence-corrected chi connectivity index (χ0v) is 8.77. The molecule has 16 heavy (non-hydrogen) atoms. The molecule has 0 radical (unpaired) electrons. The highest BCUT2D eigenvalue weighted by atomic mass is 16.8. The van der Waals surface area contributed by atoms with Crippen molar-refractivity contribution in [2.24, 2.45) is 0 Å². The fourth-order valence-electron chi connectivity index (χ4n) is 1.93. The van der Waals surface area contributed by atoms with Gasteiger partial charge in [0.1, 0.15) is 11.9 Å². The van der Waals surface area contributed by atoms with E-state index in [2.05, 4.69) is 6.07 Å². The van der Waals surface area contributed by atoms with E-state index in [4.69, 9.17) is 14.2 Å². The van der Waals surface area contributed by atoms with E-state index in [1.165, 1.54) is 0 Å². The second kappa shape index (κ2) is 2.68. The van der Waals surface area contributed by atoms with Gasteiger partial charge in [0.05, 0.1) is 0 Å². The summed E-state index contributed by atoms with van der Waals surface area (Å²) in [7, 11) is 0. The van der Waals surface area contributed by atoms with Crippen LogP contribution in [-0.4, -0.2) is 12.4 Å². The molecule has 2 heterocycles. The standard InChI is InChI=1S/C13H10O3/c1-7-13(14-7)16-10-4-2-3-8-5-11-12(15-11)6-9(8)10/h2-7,13H,1H3.